The first-order valence-corrected chi connectivity index (χ1v) is 5.87. The Hall–Kier alpha value is -2.84. The molecule has 9 heteroatoms. The molecular weight excluding hydrogens is 303 g/mol. The van der Waals surface area contributed by atoms with Gasteiger partial charge in [-0.2, -0.15) is 4.98 Å². The third kappa shape index (κ3) is 2.92. The quantitative estimate of drug-likeness (QED) is 0.876. The molecule has 1 aromatic carbocycles. The van der Waals surface area contributed by atoms with Crippen LogP contribution in [0.2, 0.25) is 0 Å². The van der Waals surface area contributed by atoms with Crippen LogP contribution in [0.3, 0.4) is 0 Å². The fourth-order valence-electron chi connectivity index (χ4n) is 1.58. The topological polar surface area (TPSA) is 73.3 Å². The molecule has 1 aromatic heterocycles. The minimum Gasteiger partial charge on any atom is -0.479 e. The van der Waals surface area contributed by atoms with Crippen molar-refractivity contribution < 1.29 is 27.4 Å². The average Bonchev–Trinajstić information content (AvgIpc) is 2.53. The maximum Gasteiger partial charge on any atom is 0.319 e. The maximum atomic E-state index is 13.6. The molecule has 0 fully saturated rings. The molecule has 0 radical (unpaired) electrons. The first kappa shape index (κ1) is 15.5. The summed E-state index contributed by atoms with van der Waals surface area (Å²) in [4.78, 5) is 19.5. The van der Waals surface area contributed by atoms with Crippen molar-refractivity contribution in [3.8, 4) is 11.9 Å². The molecule has 0 unspecified atom stereocenters. The number of carbonyl (C=O) groups excluding carboxylic acids is 1. The van der Waals surface area contributed by atoms with E-state index in [1.165, 1.54) is 20.4 Å². The van der Waals surface area contributed by atoms with Crippen molar-refractivity contribution in [2.45, 2.75) is 0 Å². The standard InChI is InChI=1S/C13H10F3N3O3/c1-21-12-8(5-17-13(19-12)22-2)18-11(20)6-3-4-7(14)10(16)9(6)15/h3-5H,1-2H3,(H,18,20). The van der Waals surface area contributed by atoms with Crippen LogP contribution in [-0.2, 0) is 0 Å². The summed E-state index contributed by atoms with van der Waals surface area (Å²) in [7, 11) is 2.62. The van der Waals surface area contributed by atoms with Crippen LogP contribution >= 0.6 is 0 Å². The summed E-state index contributed by atoms with van der Waals surface area (Å²) in [5.74, 6) is -5.76. The van der Waals surface area contributed by atoms with Gasteiger partial charge in [-0.3, -0.25) is 4.79 Å². The lowest BCUT2D eigenvalue weighted by molar-refractivity contribution is 0.102. The first-order valence-electron chi connectivity index (χ1n) is 5.87. The number of methoxy groups -OCH3 is 2. The number of halogens is 3. The van der Waals surface area contributed by atoms with Gasteiger partial charge in [0.05, 0.1) is 26.0 Å². The number of nitrogens with one attached hydrogen (secondary N) is 1. The van der Waals surface area contributed by atoms with Crippen LogP contribution in [0, 0.1) is 17.5 Å². The molecule has 1 heterocycles. The van der Waals surface area contributed by atoms with Gasteiger partial charge in [0.15, 0.2) is 17.5 Å². The summed E-state index contributed by atoms with van der Waals surface area (Å²) in [5.41, 5.74) is -0.658. The molecule has 2 aromatic rings. The number of benzene rings is 1. The average molecular weight is 313 g/mol. The Morgan fingerprint density at radius 2 is 1.86 bits per heavy atom. The van der Waals surface area contributed by atoms with Crippen molar-refractivity contribution in [3.05, 3.63) is 41.3 Å². The number of hydrogen-bond acceptors (Lipinski definition) is 5. The normalized spacial score (nSPS) is 10.2. The highest BCUT2D eigenvalue weighted by molar-refractivity contribution is 6.05. The Morgan fingerprint density at radius 3 is 2.50 bits per heavy atom. The van der Waals surface area contributed by atoms with Crippen LogP contribution in [0.15, 0.2) is 18.3 Å². The van der Waals surface area contributed by atoms with Gasteiger partial charge in [-0.05, 0) is 12.1 Å². The lowest BCUT2D eigenvalue weighted by Gasteiger charge is -2.10. The van der Waals surface area contributed by atoms with E-state index >= 15 is 0 Å². The zero-order chi connectivity index (χ0) is 16.3. The van der Waals surface area contributed by atoms with Crippen LogP contribution in [0.25, 0.3) is 0 Å². The summed E-state index contributed by atoms with van der Waals surface area (Å²) in [6, 6.07) is 1.46. The Labute approximate surface area is 122 Å². The van der Waals surface area contributed by atoms with Crippen LogP contribution in [0.4, 0.5) is 18.9 Å². The number of anilines is 1. The molecule has 1 N–H and O–H groups in total. The third-order valence-corrected chi connectivity index (χ3v) is 2.64. The van der Waals surface area contributed by atoms with Crippen molar-refractivity contribution in [1.82, 2.24) is 9.97 Å². The number of hydrogen-bond donors (Lipinski definition) is 1. The molecule has 116 valence electrons. The van der Waals surface area contributed by atoms with Crippen molar-refractivity contribution in [2.75, 3.05) is 19.5 Å². The molecule has 0 aliphatic rings. The van der Waals surface area contributed by atoms with Gasteiger partial charge in [-0.25, -0.2) is 18.2 Å². The van der Waals surface area contributed by atoms with Gasteiger partial charge in [0.25, 0.3) is 5.91 Å². The van der Waals surface area contributed by atoms with E-state index in [4.69, 9.17) is 9.47 Å². The second-order valence-corrected chi connectivity index (χ2v) is 3.96. The number of carbonyl (C=O) groups is 1. The number of aromatic nitrogens is 2. The summed E-state index contributed by atoms with van der Waals surface area (Å²) in [6.07, 6.45) is 1.17. The Kier molecular flexibility index (Phi) is 4.44. The molecule has 0 bridgehead atoms. The molecular formula is C13H10F3N3O3. The van der Waals surface area contributed by atoms with Crippen molar-refractivity contribution in [3.63, 3.8) is 0 Å². The molecule has 2 rings (SSSR count). The molecule has 0 spiro atoms. The first-order chi connectivity index (χ1) is 10.5. The van der Waals surface area contributed by atoms with Gasteiger partial charge in [-0.15, -0.1) is 0 Å². The smallest absolute Gasteiger partial charge is 0.319 e. The van der Waals surface area contributed by atoms with Crippen LogP contribution < -0.4 is 14.8 Å². The van der Waals surface area contributed by atoms with E-state index in [1.54, 1.807) is 0 Å². The molecule has 0 atom stereocenters. The Balaban J connectivity index is 2.31. The lowest BCUT2D eigenvalue weighted by Crippen LogP contribution is -2.16. The van der Waals surface area contributed by atoms with Gasteiger partial charge in [-0.1, -0.05) is 0 Å². The molecule has 0 aliphatic heterocycles. The van der Waals surface area contributed by atoms with Crippen molar-refractivity contribution in [2.24, 2.45) is 0 Å². The molecule has 0 saturated heterocycles. The summed E-state index contributed by atoms with van der Waals surface area (Å²) in [5, 5.41) is 2.24. The fraction of sp³-hybridized carbons (Fsp3) is 0.154. The van der Waals surface area contributed by atoms with Crippen LogP contribution in [0.1, 0.15) is 10.4 Å². The van der Waals surface area contributed by atoms with Gasteiger partial charge >= 0.3 is 6.01 Å². The molecule has 0 aliphatic carbocycles. The van der Waals surface area contributed by atoms with Crippen LogP contribution in [-0.4, -0.2) is 30.1 Å². The highest BCUT2D eigenvalue weighted by Crippen LogP contribution is 2.24. The monoisotopic (exact) mass is 313 g/mol. The zero-order valence-corrected chi connectivity index (χ0v) is 11.5. The van der Waals surface area contributed by atoms with Crippen molar-refractivity contribution in [1.29, 1.82) is 0 Å². The predicted octanol–water partition coefficient (Wildman–Crippen LogP) is 2.16. The van der Waals surface area contributed by atoms with Gasteiger partial charge in [0.1, 0.15) is 5.69 Å². The number of ether oxygens (including phenoxy) is 2. The van der Waals surface area contributed by atoms with E-state index in [1.807, 2.05) is 0 Å². The SMILES string of the molecule is COc1ncc(NC(=O)c2ccc(F)c(F)c2F)c(OC)n1. The second-order valence-electron chi connectivity index (χ2n) is 3.96. The van der Waals surface area contributed by atoms with E-state index in [2.05, 4.69) is 15.3 Å². The molecule has 22 heavy (non-hydrogen) atoms. The van der Waals surface area contributed by atoms with E-state index < -0.39 is 28.9 Å². The fourth-order valence-corrected chi connectivity index (χ4v) is 1.58. The van der Waals surface area contributed by atoms with E-state index in [0.29, 0.717) is 6.07 Å². The zero-order valence-electron chi connectivity index (χ0n) is 11.5. The maximum absolute atomic E-state index is 13.6. The predicted molar refractivity (Wildman–Crippen MR) is 69.4 cm³/mol. The number of nitrogens with zero attached hydrogens (tertiary/aromatic N) is 2. The minimum absolute atomic E-state index is 0.00569. The van der Waals surface area contributed by atoms with E-state index in [9.17, 15) is 18.0 Å². The lowest BCUT2D eigenvalue weighted by atomic mass is 10.2. The Morgan fingerprint density at radius 1 is 1.14 bits per heavy atom. The highest BCUT2D eigenvalue weighted by atomic mass is 19.2. The van der Waals surface area contributed by atoms with Crippen molar-refractivity contribution >= 4 is 11.6 Å². The number of rotatable bonds is 4. The van der Waals surface area contributed by atoms with Gasteiger partial charge < -0.3 is 14.8 Å². The molecule has 1 amide bonds. The third-order valence-electron chi connectivity index (χ3n) is 2.64. The summed E-state index contributed by atoms with van der Waals surface area (Å²) in [6.45, 7) is 0. The molecule has 6 nitrogen and oxygen atoms in total. The van der Waals surface area contributed by atoms with Gasteiger partial charge in [0.2, 0.25) is 5.88 Å². The summed E-state index contributed by atoms with van der Waals surface area (Å²) < 4.78 is 49.3. The van der Waals surface area contributed by atoms with E-state index in [-0.39, 0.29) is 17.6 Å². The highest BCUT2D eigenvalue weighted by Gasteiger charge is 2.20. The molecule has 0 saturated carbocycles. The minimum atomic E-state index is -1.73. The summed E-state index contributed by atoms with van der Waals surface area (Å²) >= 11 is 0. The second kappa shape index (κ2) is 6.29. The van der Waals surface area contributed by atoms with Crippen LogP contribution in [0.5, 0.6) is 11.9 Å². The largest absolute Gasteiger partial charge is 0.479 e. The Bertz CT molecular complexity index is 725. The number of amides is 1. The van der Waals surface area contributed by atoms with Gasteiger partial charge in [0, 0.05) is 0 Å². The van der Waals surface area contributed by atoms with E-state index in [0.717, 1.165) is 6.07 Å².